The molecule has 0 aliphatic carbocycles. The molecule has 6 nitrogen and oxygen atoms in total. The lowest BCUT2D eigenvalue weighted by Crippen LogP contribution is -2.33. The second kappa shape index (κ2) is 6.49. The Morgan fingerprint density at radius 1 is 1.38 bits per heavy atom. The molecule has 0 aliphatic heterocycles. The van der Waals surface area contributed by atoms with Crippen LogP contribution >= 0.6 is 0 Å². The second-order valence-electron chi connectivity index (χ2n) is 4.97. The van der Waals surface area contributed by atoms with E-state index in [1.807, 2.05) is 38.1 Å². The SMILES string of the molecule is CCC(N)C(c1ccc(C)cc1)n1cnc(C(=O)OC)n1. The van der Waals surface area contributed by atoms with Crippen molar-refractivity contribution in [1.82, 2.24) is 14.8 Å². The first-order valence-electron chi connectivity index (χ1n) is 6.88. The molecule has 2 N–H and O–H groups in total. The van der Waals surface area contributed by atoms with Crippen molar-refractivity contribution in [3.63, 3.8) is 0 Å². The summed E-state index contributed by atoms with van der Waals surface area (Å²) >= 11 is 0. The Bertz CT molecular complexity index is 606. The molecule has 0 radical (unpaired) electrons. The maximum Gasteiger partial charge on any atom is 0.377 e. The summed E-state index contributed by atoms with van der Waals surface area (Å²) in [6.07, 6.45) is 2.30. The number of ether oxygens (including phenoxy) is 1. The topological polar surface area (TPSA) is 83.0 Å². The number of carbonyl (C=O) groups is 1. The Labute approximate surface area is 123 Å². The first kappa shape index (κ1) is 15.2. The zero-order valence-electron chi connectivity index (χ0n) is 12.5. The van der Waals surface area contributed by atoms with Gasteiger partial charge in [0, 0.05) is 6.04 Å². The molecule has 0 saturated carbocycles. The third-order valence-corrected chi connectivity index (χ3v) is 3.46. The molecule has 6 heteroatoms. The molecule has 2 unspecified atom stereocenters. The quantitative estimate of drug-likeness (QED) is 0.847. The minimum Gasteiger partial charge on any atom is -0.463 e. The Hall–Kier alpha value is -2.21. The van der Waals surface area contributed by atoms with E-state index < -0.39 is 5.97 Å². The summed E-state index contributed by atoms with van der Waals surface area (Å²) in [5.74, 6) is -0.514. The van der Waals surface area contributed by atoms with Crippen LogP contribution < -0.4 is 5.73 Å². The molecule has 0 bridgehead atoms. The van der Waals surface area contributed by atoms with Crippen LogP contribution in [0.3, 0.4) is 0 Å². The number of hydrogen-bond acceptors (Lipinski definition) is 5. The lowest BCUT2D eigenvalue weighted by molar-refractivity contribution is 0.0586. The van der Waals surface area contributed by atoms with Crippen molar-refractivity contribution >= 4 is 5.97 Å². The van der Waals surface area contributed by atoms with E-state index in [2.05, 4.69) is 14.8 Å². The molecule has 2 aromatic rings. The predicted molar refractivity (Wildman–Crippen MR) is 78.9 cm³/mol. The highest BCUT2D eigenvalue weighted by molar-refractivity contribution is 5.84. The van der Waals surface area contributed by atoms with Gasteiger partial charge in [-0.25, -0.2) is 14.5 Å². The fourth-order valence-corrected chi connectivity index (χ4v) is 2.18. The largest absolute Gasteiger partial charge is 0.463 e. The van der Waals surface area contributed by atoms with Crippen molar-refractivity contribution in [2.24, 2.45) is 5.73 Å². The van der Waals surface area contributed by atoms with Gasteiger partial charge in [0.25, 0.3) is 5.82 Å². The summed E-state index contributed by atoms with van der Waals surface area (Å²) in [5, 5.41) is 4.20. The highest BCUT2D eigenvalue weighted by Gasteiger charge is 2.23. The zero-order chi connectivity index (χ0) is 15.4. The van der Waals surface area contributed by atoms with E-state index >= 15 is 0 Å². The predicted octanol–water partition coefficient (Wildman–Crippen LogP) is 1.70. The molecule has 1 aromatic heterocycles. The van der Waals surface area contributed by atoms with E-state index in [9.17, 15) is 4.79 Å². The van der Waals surface area contributed by atoms with E-state index in [4.69, 9.17) is 5.73 Å². The van der Waals surface area contributed by atoms with Gasteiger partial charge < -0.3 is 10.5 Å². The first-order valence-corrected chi connectivity index (χ1v) is 6.88. The van der Waals surface area contributed by atoms with Gasteiger partial charge in [0.2, 0.25) is 0 Å². The van der Waals surface area contributed by atoms with Crippen LogP contribution in [0.15, 0.2) is 30.6 Å². The number of nitrogens with two attached hydrogens (primary N) is 1. The lowest BCUT2D eigenvalue weighted by Gasteiger charge is -2.23. The Morgan fingerprint density at radius 3 is 2.62 bits per heavy atom. The number of benzene rings is 1. The van der Waals surface area contributed by atoms with Crippen LogP contribution in [0.5, 0.6) is 0 Å². The van der Waals surface area contributed by atoms with Crippen molar-refractivity contribution in [3.05, 3.63) is 47.5 Å². The molecule has 21 heavy (non-hydrogen) atoms. The summed E-state index contributed by atoms with van der Waals surface area (Å²) in [4.78, 5) is 15.5. The molecule has 1 heterocycles. The van der Waals surface area contributed by atoms with Crippen LogP contribution in [0.25, 0.3) is 0 Å². The minimum absolute atomic E-state index is 0.0397. The molecule has 0 fully saturated rings. The van der Waals surface area contributed by atoms with Gasteiger partial charge >= 0.3 is 5.97 Å². The molecule has 1 aromatic carbocycles. The van der Waals surface area contributed by atoms with Gasteiger partial charge in [0.1, 0.15) is 6.33 Å². The number of rotatable bonds is 5. The average molecular weight is 288 g/mol. The van der Waals surface area contributed by atoms with Crippen LogP contribution in [-0.2, 0) is 4.74 Å². The molecule has 2 rings (SSSR count). The molecule has 2 atom stereocenters. The number of methoxy groups -OCH3 is 1. The Balaban J connectivity index is 2.38. The molecule has 0 aliphatic rings. The molecule has 112 valence electrons. The fraction of sp³-hybridized carbons (Fsp3) is 0.400. The Kier molecular flexibility index (Phi) is 4.70. The number of esters is 1. The van der Waals surface area contributed by atoms with Crippen molar-refractivity contribution < 1.29 is 9.53 Å². The minimum atomic E-state index is -0.554. The summed E-state index contributed by atoms with van der Waals surface area (Å²) in [6, 6.07) is 7.82. The number of hydrogen-bond donors (Lipinski definition) is 1. The molecular weight excluding hydrogens is 268 g/mol. The number of nitrogens with zero attached hydrogens (tertiary/aromatic N) is 3. The van der Waals surface area contributed by atoms with Crippen LogP contribution in [0, 0.1) is 6.92 Å². The number of aromatic nitrogens is 3. The smallest absolute Gasteiger partial charge is 0.377 e. The number of aryl methyl sites for hydroxylation is 1. The van der Waals surface area contributed by atoms with Gasteiger partial charge in [-0.05, 0) is 18.9 Å². The maximum absolute atomic E-state index is 11.5. The van der Waals surface area contributed by atoms with Crippen molar-refractivity contribution in [2.45, 2.75) is 32.4 Å². The van der Waals surface area contributed by atoms with Gasteiger partial charge in [-0.1, -0.05) is 36.8 Å². The maximum atomic E-state index is 11.5. The average Bonchev–Trinajstić information content (AvgIpc) is 2.98. The normalized spacial score (nSPS) is 13.7. The van der Waals surface area contributed by atoms with Crippen LogP contribution in [0.1, 0.15) is 41.1 Å². The summed E-state index contributed by atoms with van der Waals surface area (Å²) < 4.78 is 6.26. The van der Waals surface area contributed by atoms with E-state index in [0.29, 0.717) is 0 Å². The third-order valence-electron chi connectivity index (χ3n) is 3.46. The summed E-state index contributed by atoms with van der Waals surface area (Å²) in [6.45, 7) is 4.05. The van der Waals surface area contributed by atoms with E-state index in [-0.39, 0.29) is 17.9 Å². The standard InChI is InChI=1S/C15H20N4O2/c1-4-12(16)13(11-7-5-10(2)6-8-11)19-9-17-14(18-19)15(20)21-3/h5-9,12-13H,4,16H2,1-3H3. The monoisotopic (exact) mass is 288 g/mol. The van der Waals surface area contributed by atoms with Crippen molar-refractivity contribution in [2.75, 3.05) is 7.11 Å². The first-order chi connectivity index (χ1) is 10.1. The molecular formula is C15H20N4O2. The van der Waals surface area contributed by atoms with Crippen LogP contribution in [-0.4, -0.2) is 33.9 Å². The summed E-state index contributed by atoms with van der Waals surface area (Å²) in [5.41, 5.74) is 8.45. The van der Waals surface area contributed by atoms with Crippen LogP contribution in [0.4, 0.5) is 0 Å². The zero-order valence-corrected chi connectivity index (χ0v) is 12.5. The molecule has 0 spiro atoms. The van der Waals surface area contributed by atoms with Gasteiger partial charge in [-0.2, -0.15) is 0 Å². The van der Waals surface area contributed by atoms with Crippen molar-refractivity contribution in [1.29, 1.82) is 0 Å². The van der Waals surface area contributed by atoms with Gasteiger partial charge in [-0.3, -0.25) is 0 Å². The van der Waals surface area contributed by atoms with Gasteiger partial charge in [-0.15, -0.1) is 5.10 Å². The lowest BCUT2D eigenvalue weighted by atomic mass is 9.97. The molecule has 0 saturated heterocycles. The van der Waals surface area contributed by atoms with Crippen molar-refractivity contribution in [3.8, 4) is 0 Å². The highest BCUT2D eigenvalue weighted by Crippen LogP contribution is 2.22. The molecule has 0 amide bonds. The van der Waals surface area contributed by atoms with E-state index in [1.54, 1.807) is 4.68 Å². The number of carbonyl (C=O) groups excluding carboxylic acids is 1. The summed E-state index contributed by atoms with van der Waals surface area (Å²) in [7, 11) is 1.30. The highest BCUT2D eigenvalue weighted by atomic mass is 16.5. The fourth-order valence-electron chi connectivity index (χ4n) is 2.18. The van der Waals surface area contributed by atoms with Gasteiger partial charge in [0.05, 0.1) is 13.2 Å². The van der Waals surface area contributed by atoms with Crippen LogP contribution in [0.2, 0.25) is 0 Å². The second-order valence-corrected chi connectivity index (χ2v) is 4.97. The van der Waals surface area contributed by atoms with Gasteiger partial charge in [0.15, 0.2) is 0 Å². The van der Waals surface area contributed by atoms with E-state index in [1.165, 1.54) is 19.0 Å². The third kappa shape index (κ3) is 3.28. The van der Waals surface area contributed by atoms with E-state index in [0.717, 1.165) is 12.0 Å². The Morgan fingerprint density at radius 2 is 2.05 bits per heavy atom.